The van der Waals surface area contributed by atoms with Crippen LogP contribution in [-0.4, -0.2) is 18.1 Å². The summed E-state index contributed by atoms with van der Waals surface area (Å²) in [6, 6.07) is 8.66. The van der Waals surface area contributed by atoms with Crippen LogP contribution >= 0.6 is 0 Å². The highest BCUT2D eigenvalue weighted by Crippen LogP contribution is 2.25. The first-order valence-electron chi connectivity index (χ1n) is 6.34. The van der Waals surface area contributed by atoms with Crippen LogP contribution in [0.1, 0.15) is 18.9 Å². The van der Waals surface area contributed by atoms with Gasteiger partial charge in [-0.15, -0.1) is 0 Å². The van der Waals surface area contributed by atoms with Crippen molar-refractivity contribution in [3.63, 3.8) is 0 Å². The van der Waals surface area contributed by atoms with Crippen LogP contribution in [0.4, 0.5) is 5.82 Å². The number of pyridine rings is 1. The fourth-order valence-electron chi connectivity index (χ4n) is 2.63. The first-order chi connectivity index (χ1) is 8.24. The molecule has 1 aliphatic rings. The van der Waals surface area contributed by atoms with Crippen molar-refractivity contribution in [2.24, 2.45) is 5.92 Å². The molecule has 0 aliphatic carbocycles. The second kappa shape index (κ2) is 4.02. The maximum Gasteiger partial charge on any atom is 0.129 e. The number of anilines is 1. The van der Waals surface area contributed by atoms with E-state index in [1.807, 2.05) is 6.20 Å². The number of hydrogen-bond donors (Lipinski definition) is 0. The standard InChI is InChI=1S/C15H18N2/c1-11-6-7-17(10-11)15-8-13-5-3-4-12(2)14(13)9-16-15/h3-5,8-9,11H,6-7,10H2,1-2H3/t11-/m1/s1. The highest BCUT2D eigenvalue weighted by atomic mass is 15.2. The van der Waals surface area contributed by atoms with Crippen molar-refractivity contribution in [1.82, 2.24) is 4.98 Å². The molecule has 2 heteroatoms. The topological polar surface area (TPSA) is 16.1 Å². The summed E-state index contributed by atoms with van der Waals surface area (Å²) < 4.78 is 0. The number of rotatable bonds is 1. The molecule has 0 spiro atoms. The Balaban J connectivity index is 2.02. The Hall–Kier alpha value is -1.57. The van der Waals surface area contributed by atoms with E-state index in [4.69, 9.17) is 0 Å². The first kappa shape index (κ1) is 10.6. The van der Waals surface area contributed by atoms with Crippen LogP contribution in [0.2, 0.25) is 0 Å². The van der Waals surface area contributed by atoms with Gasteiger partial charge in [0, 0.05) is 24.7 Å². The van der Waals surface area contributed by atoms with Crippen molar-refractivity contribution in [3.8, 4) is 0 Å². The van der Waals surface area contributed by atoms with Crippen LogP contribution in [0.15, 0.2) is 30.5 Å². The quantitative estimate of drug-likeness (QED) is 0.741. The van der Waals surface area contributed by atoms with Crippen molar-refractivity contribution in [1.29, 1.82) is 0 Å². The van der Waals surface area contributed by atoms with Gasteiger partial charge < -0.3 is 4.90 Å². The molecule has 1 aromatic carbocycles. The largest absolute Gasteiger partial charge is 0.356 e. The number of aryl methyl sites for hydroxylation is 1. The Morgan fingerprint density at radius 3 is 3.00 bits per heavy atom. The van der Waals surface area contributed by atoms with Gasteiger partial charge in [0.25, 0.3) is 0 Å². The number of hydrogen-bond acceptors (Lipinski definition) is 2. The third kappa shape index (κ3) is 1.88. The van der Waals surface area contributed by atoms with E-state index in [2.05, 4.69) is 48.0 Å². The smallest absolute Gasteiger partial charge is 0.129 e. The van der Waals surface area contributed by atoms with Crippen LogP contribution in [0.25, 0.3) is 10.8 Å². The zero-order valence-corrected chi connectivity index (χ0v) is 10.5. The molecule has 1 aromatic heterocycles. The second-order valence-corrected chi connectivity index (χ2v) is 5.18. The molecule has 0 radical (unpaired) electrons. The van der Waals surface area contributed by atoms with Gasteiger partial charge in [-0.1, -0.05) is 25.1 Å². The fraction of sp³-hybridized carbons (Fsp3) is 0.400. The third-order valence-corrected chi connectivity index (χ3v) is 3.72. The molecule has 2 aromatic rings. The van der Waals surface area contributed by atoms with Crippen molar-refractivity contribution in [2.75, 3.05) is 18.0 Å². The van der Waals surface area contributed by atoms with Crippen molar-refractivity contribution >= 4 is 16.6 Å². The molecular weight excluding hydrogens is 208 g/mol. The van der Waals surface area contributed by atoms with Crippen molar-refractivity contribution in [2.45, 2.75) is 20.3 Å². The molecule has 17 heavy (non-hydrogen) atoms. The van der Waals surface area contributed by atoms with Crippen LogP contribution in [-0.2, 0) is 0 Å². The average Bonchev–Trinajstić information content (AvgIpc) is 2.76. The Morgan fingerprint density at radius 1 is 1.35 bits per heavy atom. The second-order valence-electron chi connectivity index (χ2n) is 5.18. The highest BCUT2D eigenvalue weighted by Gasteiger charge is 2.19. The van der Waals surface area contributed by atoms with Gasteiger partial charge in [-0.2, -0.15) is 0 Å². The lowest BCUT2D eigenvalue weighted by atomic mass is 10.1. The molecule has 2 heterocycles. The Kier molecular flexibility index (Phi) is 2.50. The van der Waals surface area contributed by atoms with E-state index >= 15 is 0 Å². The molecule has 0 N–H and O–H groups in total. The summed E-state index contributed by atoms with van der Waals surface area (Å²) in [6.07, 6.45) is 3.30. The Bertz CT molecular complexity index is 548. The van der Waals surface area contributed by atoms with E-state index in [1.54, 1.807) is 0 Å². The molecule has 0 saturated carbocycles. The normalized spacial score (nSPS) is 20.1. The van der Waals surface area contributed by atoms with Gasteiger partial charge in [0.2, 0.25) is 0 Å². The number of benzene rings is 1. The van der Waals surface area contributed by atoms with Crippen LogP contribution in [0.5, 0.6) is 0 Å². The lowest BCUT2D eigenvalue weighted by Gasteiger charge is -2.17. The summed E-state index contributed by atoms with van der Waals surface area (Å²) in [4.78, 5) is 7.01. The molecule has 1 saturated heterocycles. The number of fused-ring (bicyclic) bond motifs is 1. The van der Waals surface area contributed by atoms with E-state index in [0.717, 1.165) is 24.8 Å². The Labute approximate surface area is 102 Å². The van der Waals surface area contributed by atoms with Crippen LogP contribution < -0.4 is 4.90 Å². The predicted molar refractivity (Wildman–Crippen MR) is 72.5 cm³/mol. The fourth-order valence-corrected chi connectivity index (χ4v) is 2.63. The lowest BCUT2D eigenvalue weighted by Crippen LogP contribution is -2.20. The third-order valence-electron chi connectivity index (χ3n) is 3.72. The molecule has 1 aliphatic heterocycles. The van der Waals surface area contributed by atoms with Gasteiger partial charge in [-0.25, -0.2) is 4.98 Å². The molecule has 88 valence electrons. The molecule has 1 atom stereocenters. The van der Waals surface area contributed by atoms with Gasteiger partial charge in [0.15, 0.2) is 0 Å². The molecule has 0 bridgehead atoms. The SMILES string of the molecule is Cc1cccc2cc(N3CC[C@@H](C)C3)ncc12. The van der Waals surface area contributed by atoms with Gasteiger partial charge >= 0.3 is 0 Å². The summed E-state index contributed by atoms with van der Waals surface area (Å²) in [5, 5.41) is 2.57. The monoisotopic (exact) mass is 226 g/mol. The highest BCUT2D eigenvalue weighted by molar-refractivity contribution is 5.86. The minimum absolute atomic E-state index is 0.796. The summed E-state index contributed by atoms with van der Waals surface area (Å²) >= 11 is 0. The summed E-state index contributed by atoms with van der Waals surface area (Å²) in [5.74, 6) is 1.93. The predicted octanol–water partition coefficient (Wildman–Crippen LogP) is 3.39. The zero-order chi connectivity index (χ0) is 11.8. The molecule has 0 amide bonds. The van der Waals surface area contributed by atoms with Crippen LogP contribution in [0.3, 0.4) is 0 Å². The summed E-state index contributed by atoms with van der Waals surface area (Å²) in [5.41, 5.74) is 1.30. The van der Waals surface area contributed by atoms with E-state index in [1.165, 1.54) is 22.8 Å². The van der Waals surface area contributed by atoms with E-state index in [9.17, 15) is 0 Å². The van der Waals surface area contributed by atoms with Gasteiger partial charge in [0.1, 0.15) is 5.82 Å². The van der Waals surface area contributed by atoms with E-state index in [0.29, 0.717) is 0 Å². The molecule has 2 nitrogen and oxygen atoms in total. The first-order valence-corrected chi connectivity index (χ1v) is 6.34. The summed E-state index contributed by atoms with van der Waals surface area (Å²) in [6.45, 7) is 6.74. The van der Waals surface area contributed by atoms with E-state index < -0.39 is 0 Å². The molecular formula is C15H18N2. The van der Waals surface area contributed by atoms with Gasteiger partial charge in [0.05, 0.1) is 0 Å². The van der Waals surface area contributed by atoms with Crippen LogP contribution in [0, 0.1) is 12.8 Å². The minimum atomic E-state index is 0.796. The minimum Gasteiger partial charge on any atom is -0.356 e. The molecule has 3 rings (SSSR count). The maximum absolute atomic E-state index is 4.61. The Morgan fingerprint density at radius 2 is 2.24 bits per heavy atom. The molecule has 0 unspecified atom stereocenters. The van der Waals surface area contributed by atoms with Crippen molar-refractivity contribution < 1.29 is 0 Å². The maximum atomic E-state index is 4.61. The van der Waals surface area contributed by atoms with Gasteiger partial charge in [-0.05, 0) is 36.3 Å². The van der Waals surface area contributed by atoms with Gasteiger partial charge in [-0.3, -0.25) is 0 Å². The summed E-state index contributed by atoms with van der Waals surface area (Å²) in [7, 11) is 0. The number of aromatic nitrogens is 1. The average molecular weight is 226 g/mol. The number of nitrogens with zero attached hydrogens (tertiary/aromatic N) is 2. The zero-order valence-electron chi connectivity index (χ0n) is 10.5. The molecule has 1 fully saturated rings. The van der Waals surface area contributed by atoms with Crippen molar-refractivity contribution in [3.05, 3.63) is 36.0 Å². The van der Waals surface area contributed by atoms with E-state index in [-0.39, 0.29) is 0 Å². The lowest BCUT2D eigenvalue weighted by molar-refractivity contribution is 0.659.